The number of rotatable bonds is 11. The summed E-state index contributed by atoms with van der Waals surface area (Å²) >= 11 is 0. The number of hydrogen-bond acceptors (Lipinski definition) is 5. The molecule has 3 atom stereocenters. The van der Waals surface area contributed by atoms with Crippen LogP contribution in [0.25, 0.3) is 6.08 Å². The van der Waals surface area contributed by atoms with Gasteiger partial charge in [0.1, 0.15) is 6.04 Å². The van der Waals surface area contributed by atoms with E-state index < -0.39 is 29.7 Å². The number of carbonyl (C=O) groups is 4. The van der Waals surface area contributed by atoms with E-state index in [0.717, 1.165) is 5.56 Å². The van der Waals surface area contributed by atoms with Crippen molar-refractivity contribution in [2.45, 2.75) is 59.4 Å². The maximum Gasteiger partial charge on any atom is 0.263 e. The third-order valence-electron chi connectivity index (χ3n) is 5.85. The molecule has 4 N–H and O–H groups in total. The van der Waals surface area contributed by atoms with Gasteiger partial charge in [0, 0.05) is 13.0 Å². The second-order valence-electron chi connectivity index (χ2n) is 9.84. The molecule has 1 saturated heterocycles. The summed E-state index contributed by atoms with van der Waals surface area (Å²) in [7, 11) is 0. The van der Waals surface area contributed by atoms with Crippen molar-refractivity contribution in [1.82, 2.24) is 21.2 Å². The zero-order valence-corrected chi connectivity index (χ0v) is 21.0. The van der Waals surface area contributed by atoms with Crippen LogP contribution >= 0.6 is 0 Å². The minimum atomic E-state index is -0.843. The Morgan fingerprint density at radius 3 is 2.31 bits per heavy atom. The average molecular weight is 487 g/mol. The number of allylic oxidation sites excluding steroid dienone is 1. The van der Waals surface area contributed by atoms with Crippen LogP contribution in [0, 0.1) is 23.7 Å². The summed E-state index contributed by atoms with van der Waals surface area (Å²) in [4.78, 5) is 50.8. The summed E-state index contributed by atoms with van der Waals surface area (Å²) in [6.45, 7) is 7.98. The first-order valence-corrected chi connectivity index (χ1v) is 12.2. The summed E-state index contributed by atoms with van der Waals surface area (Å²) in [5.41, 5.74) is 5.37. The zero-order chi connectivity index (χ0) is 26.0. The molecule has 0 unspecified atom stereocenters. The first-order valence-electron chi connectivity index (χ1n) is 12.2. The van der Waals surface area contributed by atoms with Gasteiger partial charge >= 0.3 is 0 Å². The van der Waals surface area contributed by atoms with E-state index in [9.17, 15) is 24.4 Å². The van der Waals surface area contributed by atoms with Crippen LogP contribution in [0.15, 0.2) is 36.4 Å². The molecule has 1 aliphatic heterocycles. The minimum Gasteiger partial charge on any atom is -0.344 e. The fourth-order valence-electron chi connectivity index (χ4n) is 4.17. The average Bonchev–Trinajstić information content (AvgIpc) is 3.25. The number of nitrogens with zero attached hydrogens (tertiary/aromatic N) is 1. The molecule has 0 radical (unpaired) electrons. The van der Waals surface area contributed by atoms with E-state index in [1.807, 2.05) is 64.1 Å². The van der Waals surface area contributed by atoms with E-state index in [1.165, 1.54) is 5.01 Å². The highest BCUT2D eigenvalue weighted by Gasteiger charge is 2.37. The normalized spacial score (nSPS) is 17.3. The third-order valence-corrected chi connectivity index (χ3v) is 5.85. The van der Waals surface area contributed by atoms with Gasteiger partial charge < -0.3 is 5.32 Å². The molecular weight excluding hydrogens is 448 g/mol. The van der Waals surface area contributed by atoms with Crippen molar-refractivity contribution < 1.29 is 24.4 Å². The smallest absolute Gasteiger partial charge is 0.263 e. The van der Waals surface area contributed by atoms with E-state index in [1.54, 1.807) is 11.6 Å². The summed E-state index contributed by atoms with van der Waals surface area (Å²) < 4.78 is 0. The Morgan fingerprint density at radius 1 is 1.09 bits per heavy atom. The van der Waals surface area contributed by atoms with E-state index >= 15 is 0 Å². The van der Waals surface area contributed by atoms with Crippen LogP contribution in [0.3, 0.4) is 0 Å². The number of hydrogen-bond donors (Lipinski definition) is 4. The van der Waals surface area contributed by atoms with Gasteiger partial charge in [-0.05, 0) is 36.7 Å². The van der Waals surface area contributed by atoms with Crippen LogP contribution in [0.1, 0.15) is 58.9 Å². The van der Waals surface area contributed by atoms with Crippen molar-refractivity contribution in [2.75, 3.05) is 6.54 Å². The highest BCUT2D eigenvalue weighted by molar-refractivity contribution is 5.93. The predicted molar refractivity (Wildman–Crippen MR) is 132 cm³/mol. The Balaban J connectivity index is 2.24. The Hall–Kier alpha value is -3.20. The lowest BCUT2D eigenvalue weighted by Gasteiger charge is -2.31. The summed E-state index contributed by atoms with van der Waals surface area (Å²) in [6.07, 6.45) is 4.91. The highest BCUT2D eigenvalue weighted by atomic mass is 16.5. The number of nitrogens with one attached hydrogen (secondary N) is 3. The minimum absolute atomic E-state index is 0.0604. The van der Waals surface area contributed by atoms with Gasteiger partial charge in [0.2, 0.25) is 17.7 Å². The molecule has 9 nitrogen and oxygen atoms in total. The van der Waals surface area contributed by atoms with Crippen LogP contribution in [-0.4, -0.2) is 46.4 Å². The largest absolute Gasteiger partial charge is 0.344 e. The SMILES string of the molecule is CC(C)C[C@@H](C(=O)NN(CC(C)C)C(=O)[C@H]1CCC(=O)N1)[C@H](CC=Cc1ccccc1)C(=O)NO. The van der Waals surface area contributed by atoms with Gasteiger partial charge in [-0.3, -0.25) is 34.8 Å². The Labute approximate surface area is 207 Å². The fourth-order valence-corrected chi connectivity index (χ4v) is 4.17. The van der Waals surface area contributed by atoms with Crippen LogP contribution < -0.4 is 16.2 Å². The molecule has 1 aliphatic rings. The summed E-state index contributed by atoms with van der Waals surface area (Å²) in [5.74, 6) is -3.19. The van der Waals surface area contributed by atoms with Crippen LogP contribution in [0.2, 0.25) is 0 Å². The molecule has 1 fully saturated rings. The van der Waals surface area contributed by atoms with Gasteiger partial charge in [-0.1, -0.05) is 70.2 Å². The van der Waals surface area contributed by atoms with Gasteiger partial charge in [-0.25, -0.2) is 5.48 Å². The summed E-state index contributed by atoms with van der Waals surface area (Å²) in [5, 5.41) is 13.3. The molecule has 0 spiro atoms. The molecule has 9 heteroatoms. The Morgan fingerprint density at radius 2 is 1.77 bits per heavy atom. The first kappa shape index (κ1) is 28.0. The monoisotopic (exact) mass is 486 g/mol. The lowest BCUT2D eigenvalue weighted by molar-refractivity contribution is -0.148. The van der Waals surface area contributed by atoms with Gasteiger partial charge in [-0.15, -0.1) is 0 Å². The fraction of sp³-hybridized carbons (Fsp3) is 0.538. The maximum absolute atomic E-state index is 13.5. The quantitative estimate of drug-likeness (QED) is 0.282. The van der Waals surface area contributed by atoms with Gasteiger partial charge in [0.25, 0.3) is 5.91 Å². The number of amides is 4. The van der Waals surface area contributed by atoms with Crippen molar-refractivity contribution in [3.8, 4) is 0 Å². The Kier molecular flexibility index (Phi) is 10.9. The molecule has 0 bridgehead atoms. The van der Waals surface area contributed by atoms with Crippen molar-refractivity contribution in [2.24, 2.45) is 23.7 Å². The molecule has 2 rings (SSSR count). The number of benzene rings is 1. The lowest BCUT2D eigenvalue weighted by Crippen LogP contribution is -2.56. The topological polar surface area (TPSA) is 128 Å². The number of hydrazine groups is 1. The van der Waals surface area contributed by atoms with E-state index in [4.69, 9.17) is 0 Å². The molecule has 0 saturated carbocycles. The Bertz CT molecular complexity index is 900. The molecule has 4 amide bonds. The highest BCUT2D eigenvalue weighted by Crippen LogP contribution is 2.26. The number of hydroxylamine groups is 1. The zero-order valence-electron chi connectivity index (χ0n) is 21.0. The number of carbonyl (C=O) groups excluding carboxylic acids is 4. The van der Waals surface area contributed by atoms with E-state index in [-0.39, 0.29) is 43.0 Å². The molecule has 1 aromatic carbocycles. The second-order valence-corrected chi connectivity index (χ2v) is 9.84. The predicted octanol–water partition coefficient (Wildman–Crippen LogP) is 2.67. The van der Waals surface area contributed by atoms with E-state index in [2.05, 4.69) is 10.7 Å². The molecule has 0 aromatic heterocycles. The van der Waals surface area contributed by atoms with Gasteiger partial charge in [0.15, 0.2) is 0 Å². The van der Waals surface area contributed by atoms with Crippen molar-refractivity contribution in [3.63, 3.8) is 0 Å². The molecule has 192 valence electrons. The molecule has 1 aromatic rings. The van der Waals surface area contributed by atoms with Crippen LogP contribution in [0.4, 0.5) is 0 Å². The molecule has 0 aliphatic carbocycles. The maximum atomic E-state index is 13.5. The van der Waals surface area contributed by atoms with Gasteiger partial charge in [0.05, 0.1) is 11.8 Å². The van der Waals surface area contributed by atoms with E-state index in [0.29, 0.717) is 12.8 Å². The van der Waals surface area contributed by atoms with Crippen molar-refractivity contribution >= 4 is 29.7 Å². The third kappa shape index (κ3) is 8.83. The second kappa shape index (κ2) is 13.6. The molecule has 1 heterocycles. The standard InChI is InChI=1S/C26H38N4O5/c1-17(2)15-21(20(25(33)29-35)12-8-11-19-9-6-5-7-10-19)24(32)28-30(16-18(3)4)26(34)22-13-14-23(31)27-22/h5-11,17-18,20-22,35H,12-16H2,1-4H3,(H,27,31)(H,28,32)(H,29,33)/t20-,21+,22+/m0/s1. The lowest BCUT2D eigenvalue weighted by atomic mass is 9.82. The summed E-state index contributed by atoms with van der Waals surface area (Å²) in [6, 6.07) is 8.87. The van der Waals surface area contributed by atoms with Gasteiger partial charge in [-0.2, -0.15) is 0 Å². The first-order chi connectivity index (χ1) is 16.6. The molecular formula is C26H38N4O5. The van der Waals surface area contributed by atoms with Crippen molar-refractivity contribution in [1.29, 1.82) is 0 Å². The van der Waals surface area contributed by atoms with Crippen LogP contribution in [-0.2, 0) is 19.2 Å². The van der Waals surface area contributed by atoms with Crippen molar-refractivity contribution in [3.05, 3.63) is 42.0 Å². The van der Waals surface area contributed by atoms with Crippen LogP contribution in [0.5, 0.6) is 0 Å². The molecule has 35 heavy (non-hydrogen) atoms.